The predicted molar refractivity (Wildman–Crippen MR) is 84.7 cm³/mol. The second kappa shape index (κ2) is 7.02. The van der Waals surface area contributed by atoms with Crippen molar-refractivity contribution < 1.29 is 19.4 Å². The van der Waals surface area contributed by atoms with Crippen LogP contribution in [0.1, 0.15) is 50.5 Å². The largest absolute Gasteiger partial charge is 0.304 e. The standard InChI is InChI=1S/C16H23F5S/c17-22(18,19,20,21)15-11-6-4-2-1-3-5-8-12-16-13-9-7-10-14-16/h7,9-11,13-15H,1-6,8,12H2/b15-11+. The molecule has 0 aliphatic carbocycles. The van der Waals surface area contributed by atoms with Crippen LogP contribution in [0.15, 0.2) is 41.8 Å². The molecule has 0 unspecified atom stereocenters. The van der Waals surface area contributed by atoms with Crippen LogP contribution in [0.5, 0.6) is 0 Å². The summed E-state index contributed by atoms with van der Waals surface area (Å²) in [6.45, 7) is 0. The van der Waals surface area contributed by atoms with Gasteiger partial charge < -0.3 is 0 Å². The number of hydrogen-bond donors (Lipinski definition) is 0. The van der Waals surface area contributed by atoms with Crippen LogP contribution in [0.3, 0.4) is 0 Å². The van der Waals surface area contributed by atoms with Crippen molar-refractivity contribution in [3.63, 3.8) is 0 Å². The quantitative estimate of drug-likeness (QED) is 0.301. The fraction of sp³-hybridized carbons (Fsp3) is 0.500. The van der Waals surface area contributed by atoms with Gasteiger partial charge in [0.1, 0.15) is 0 Å². The first-order valence-corrected chi connectivity index (χ1v) is 9.53. The zero-order valence-electron chi connectivity index (χ0n) is 12.5. The van der Waals surface area contributed by atoms with Gasteiger partial charge in [0.15, 0.2) is 0 Å². The predicted octanol–water partition coefficient (Wildman–Crippen LogP) is 7.77. The van der Waals surface area contributed by atoms with Crippen LogP contribution in [0, 0.1) is 0 Å². The molecule has 0 aliphatic rings. The minimum atomic E-state index is -9.35. The van der Waals surface area contributed by atoms with Gasteiger partial charge in [-0.25, -0.2) is 0 Å². The van der Waals surface area contributed by atoms with E-state index in [4.69, 9.17) is 0 Å². The van der Waals surface area contributed by atoms with Crippen molar-refractivity contribution >= 4 is 10.2 Å². The summed E-state index contributed by atoms with van der Waals surface area (Å²) in [7, 11) is -9.35. The van der Waals surface area contributed by atoms with Crippen LogP contribution >= 0.6 is 10.2 Å². The molecule has 1 aromatic rings. The molecular formula is C16H23F5S. The van der Waals surface area contributed by atoms with Gasteiger partial charge in [-0.1, -0.05) is 81.5 Å². The van der Waals surface area contributed by atoms with Crippen LogP contribution in [0.25, 0.3) is 0 Å². The molecule has 0 heterocycles. The van der Waals surface area contributed by atoms with E-state index < -0.39 is 15.6 Å². The first-order chi connectivity index (χ1) is 10.1. The molecule has 0 saturated heterocycles. The van der Waals surface area contributed by atoms with E-state index in [0.29, 0.717) is 12.5 Å². The first-order valence-electron chi connectivity index (χ1n) is 7.51. The second-order valence-corrected chi connectivity index (χ2v) is 7.88. The van der Waals surface area contributed by atoms with Crippen molar-refractivity contribution in [1.29, 1.82) is 0 Å². The molecule has 0 fully saturated rings. The monoisotopic (exact) mass is 342 g/mol. The number of benzene rings is 1. The highest BCUT2D eigenvalue weighted by molar-refractivity contribution is 8.48. The molecule has 6 heteroatoms. The third-order valence-electron chi connectivity index (χ3n) is 3.28. The van der Waals surface area contributed by atoms with Crippen LogP contribution < -0.4 is 0 Å². The Kier molecular flexibility index (Phi) is 6.07. The van der Waals surface area contributed by atoms with E-state index >= 15 is 0 Å². The van der Waals surface area contributed by atoms with Gasteiger partial charge >= 0.3 is 10.2 Å². The molecule has 0 saturated carbocycles. The molecule has 22 heavy (non-hydrogen) atoms. The van der Waals surface area contributed by atoms with Crippen molar-refractivity contribution in [1.82, 2.24) is 0 Å². The summed E-state index contributed by atoms with van der Waals surface area (Å²) in [5, 5.41) is -0.833. The highest BCUT2D eigenvalue weighted by Gasteiger charge is 2.60. The maximum absolute atomic E-state index is 12.0. The number of unbranched alkanes of at least 4 members (excludes halogenated alkanes) is 6. The lowest BCUT2D eigenvalue weighted by molar-refractivity contribution is 0.384. The Morgan fingerprint density at radius 1 is 0.727 bits per heavy atom. The van der Waals surface area contributed by atoms with E-state index in [1.165, 1.54) is 5.56 Å². The molecule has 0 nitrogen and oxygen atoms in total. The molecule has 0 bridgehead atoms. The second-order valence-electron chi connectivity index (χ2n) is 5.55. The van der Waals surface area contributed by atoms with Crippen LogP contribution in [0.2, 0.25) is 0 Å². The highest BCUT2D eigenvalue weighted by atomic mass is 32.5. The average molecular weight is 342 g/mol. The third-order valence-corrected chi connectivity index (χ3v) is 3.99. The van der Waals surface area contributed by atoms with E-state index in [9.17, 15) is 19.4 Å². The minimum absolute atomic E-state index is 0.0512. The molecule has 0 spiro atoms. The van der Waals surface area contributed by atoms with Gasteiger partial charge in [-0.3, -0.25) is 0 Å². The van der Waals surface area contributed by atoms with Crippen molar-refractivity contribution in [2.75, 3.05) is 0 Å². The topological polar surface area (TPSA) is 0 Å². The first kappa shape index (κ1) is 19.0. The van der Waals surface area contributed by atoms with Crippen molar-refractivity contribution in [3.8, 4) is 0 Å². The molecule has 0 amide bonds. The van der Waals surface area contributed by atoms with Crippen LogP contribution in [-0.2, 0) is 6.42 Å². The molecule has 1 rings (SSSR count). The summed E-state index contributed by atoms with van der Waals surface area (Å²) >= 11 is 0. The molecule has 0 radical (unpaired) electrons. The number of rotatable bonds is 10. The van der Waals surface area contributed by atoms with Gasteiger partial charge in [-0.15, -0.1) is 0 Å². The number of hydrogen-bond acceptors (Lipinski definition) is 0. The summed E-state index contributed by atoms with van der Waals surface area (Å²) in [5.41, 5.74) is 1.31. The van der Waals surface area contributed by atoms with Gasteiger partial charge in [0.2, 0.25) is 0 Å². The molecule has 0 atom stereocenters. The number of halogens is 5. The van der Waals surface area contributed by atoms with Crippen LogP contribution in [0.4, 0.5) is 19.4 Å². The number of aryl methyl sites for hydroxylation is 1. The van der Waals surface area contributed by atoms with E-state index in [1.807, 2.05) is 18.2 Å². The van der Waals surface area contributed by atoms with Gasteiger partial charge in [0.05, 0.1) is 5.41 Å². The summed E-state index contributed by atoms with van der Waals surface area (Å²) < 4.78 is 59.9. The normalized spacial score (nSPS) is 15.7. The van der Waals surface area contributed by atoms with E-state index in [1.54, 1.807) is 0 Å². The lowest BCUT2D eigenvalue weighted by atomic mass is 10.0. The molecule has 1 aromatic carbocycles. The maximum Gasteiger partial charge on any atom is 0.304 e. The summed E-state index contributed by atoms with van der Waals surface area (Å²) in [5.74, 6) is 0. The highest BCUT2D eigenvalue weighted by Crippen LogP contribution is 2.98. The zero-order chi connectivity index (χ0) is 16.6. The van der Waals surface area contributed by atoms with Gasteiger partial charge in [0.25, 0.3) is 0 Å². The summed E-state index contributed by atoms with van der Waals surface area (Å²) in [6, 6.07) is 10.2. The van der Waals surface area contributed by atoms with E-state index in [2.05, 4.69) is 12.1 Å². The Labute approximate surface area is 129 Å². The zero-order valence-corrected chi connectivity index (χ0v) is 13.3. The lowest BCUT2D eigenvalue weighted by Crippen LogP contribution is -1.98. The van der Waals surface area contributed by atoms with Gasteiger partial charge in [0, 0.05) is 0 Å². The Morgan fingerprint density at radius 3 is 1.86 bits per heavy atom. The minimum Gasteiger partial charge on any atom is -0.0942 e. The lowest BCUT2D eigenvalue weighted by Gasteiger charge is -2.36. The molecule has 0 N–H and O–H groups in total. The Balaban J connectivity index is 2.00. The van der Waals surface area contributed by atoms with E-state index in [0.717, 1.165) is 38.5 Å². The molecule has 128 valence electrons. The fourth-order valence-electron chi connectivity index (χ4n) is 2.19. The summed E-state index contributed by atoms with van der Waals surface area (Å²) in [4.78, 5) is 0. The molecular weight excluding hydrogens is 319 g/mol. The fourth-order valence-corrected chi connectivity index (χ4v) is 2.69. The van der Waals surface area contributed by atoms with Gasteiger partial charge in [-0.2, -0.15) is 0 Å². The Bertz CT molecular complexity index is 464. The summed E-state index contributed by atoms with van der Waals surface area (Å²) in [6.07, 6.45) is 7.06. The van der Waals surface area contributed by atoms with Crippen molar-refractivity contribution in [2.45, 2.75) is 51.4 Å². The van der Waals surface area contributed by atoms with E-state index in [-0.39, 0.29) is 6.42 Å². The van der Waals surface area contributed by atoms with Crippen LogP contribution in [-0.4, -0.2) is 0 Å². The SMILES string of the molecule is FS(F)(F)(F)(F)/C=C/CCCCCCCCc1ccccc1. The Morgan fingerprint density at radius 2 is 1.27 bits per heavy atom. The maximum atomic E-state index is 12.0. The smallest absolute Gasteiger partial charge is 0.0942 e. The molecule has 0 aliphatic heterocycles. The molecule has 0 aromatic heterocycles. The van der Waals surface area contributed by atoms with Gasteiger partial charge in [-0.05, 0) is 31.2 Å². The van der Waals surface area contributed by atoms with Crippen molar-refractivity contribution in [3.05, 3.63) is 47.4 Å². The average Bonchev–Trinajstić information content (AvgIpc) is 2.39. The number of allylic oxidation sites excluding steroid dienone is 1. The third kappa shape index (κ3) is 11.6. The Hall–Kier alpha value is -1.04. The van der Waals surface area contributed by atoms with Crippen molar-refractivity contribution in [2.24, 2.45) is 0 Å².